The molecule has 19 heavy (non-hydrogen) atoms. The van der Waals surface area contributed by atoms with Crippen molar-refractivity contribution in [1.29, 1.82) is 0 Å². The molecule has 1 aliphatic rings. The number of amides is 1. The second kappa shape index (κ2) is 6.12. The van der Waals surface area contributed by atoms with Crippen LogP contribution in [-0.4, -0.2) is 18.0 Å². The van der Waals surface area contributed by atoms with Crippen molar-refractivity contribution in [1.82, 2.24) is 10.6 Å². The van der Waals surface area contributed by atoms with Crippen LogP contribution in [0.3, 0.4) is 0 Å². The molecule has 0 radical (unpaired) electrons. The Kier molecular flexibility index (Phi) is 4.71. The summed E-state index contributed by atoms with van der Waals surface area (Å²) >= 11 is 11.9. The minimum Gasteiger partial charge on any atom is -0.352 e. The van der Waals surface area contributed by atoms with E-state index in [0.717, 1.165) is 18.4 Å². The average molecular weight is 301 g/mol. The second-order valence-electron chi connectivity index (χ2n) is 5.07. The maximum atomic E-state index is 11.9. The van der Waals surface area contributed by atoms with Crippen LogP contribution in [0.5, 0.6) is 0 Å². The summed E-state index contributed by atoms with van der Waals surface area (Å²) < 4.78 is 0. The fourth-order valence-electron chi connectivity index (χ4n) is 1.88. The van der Waals surface area contributed by atoms with Gasteiger partial charge < -0.3 is 5.32 Å². The molecule has 5 heteroatoms. The maximum absolute atomic E-state index is 11.9. The Bertz CT molecular complexity index is 475. The van der Waals surface area contributed by atoms with Gasteiger partial charge in [-0.15, -0.1) is 0 Å². The highest BCUT2D eigenvalue weighted by Crippen LogP contribution is 2.25. The summed E-state index contributed by atoms with van der Waals surface area (Å²) in [7, 11) is 0. The van der Waals surface area contributed by atoms with Crippen LogP contribution in [0.15, 0.2) is 18.2 Å². The van der Waals surface area contributed by atoms with Crippen molar-refractivity contribution in [3.8, 4) is 0 Å². The second-order valence-corrected chi connectivity index (χ2v) is 5.88. The largest absolute Gasteiger partial charge is 0.352 e. The molecule has 0 heterocycles. The first-order chi connectivity index (χ1) is 8.97. The first kappa shape index (κ1) is 14.6. The molecule has 2 unspecified atom stereocenters. The summed E-state index contributed by atoms with van der Waals surface area (Å²) in [5.41, 5.74) is 1.01. The number of carbonyl (C=O) groups is 1. The Morgan fingerprint density at radius 2 is 1.95 bits per heavy atom. The minimum absolute atomic E-state index is 0.0368. The van der Waals surface area contributed by atoms with E-state index < -0.39 is 0 Å². The summed E-state index contributed by atoms with van der Waals surface area (Å²) in [6.45, 7) is 3.87. The lowest BCUT2D eigenvalue weighted by molar-refractivity contribution is -0.123. The van der Waals surface area contributed by atoms with Gasteiger partial charge in [-0.3, -0.25) is 10.1 Å². The molecule has 2 atom stereocenters. The molecule has 0 saturated heterocycles. The molecule has 1 fully saturated rings. The van der Waals surface area contributed by atoms with Gasteiger partial charge in [0.25, 0.3) is 0 Å². The van der Waals surface area contributed by atoms with E-state index in [-0.39, 0.29) is 18.0 Å². The van der Waals surface area contributed by atoms with Crippen molar-refractivity contribution in [3.05, 3.63) is 33.8 Å². The van der Waals surface area contributed by atoms with E-state index in [0.29, 0.717) is 16.1 Å². The number of nitrogens with one attached hydrogen (secondary N) is 2. The van der Waals surface area contributed by atoms with Gasteiger partial charge in [-0.1, -0.05) is 29.3 Å². The molecule has 1 aromatic rings. The van der Waals surface area contributed by atoms with Gasteiger partial charge in [-0.25, -0.2) is 0 Å². The maximum Gasteiger partial charge on any atom is 0.237 e. The molecular formula is C14H18Cl2N2O. The van der Waals surface area contributed by atoms with Crippen molar-refractivity contribution < 1.29 is 4.79 Å². The first-order valence-corrected chi connectivity index (χ1v) is 7.24. The van der Waals surface area contributed by atoms with Crippen LogP contribution in [0.1, 0.15) is 38.3 Å². The molecule has 0 aromatic heterocycles. The van der Waals surface area contributed by atoms with Crippen molar-refractivity contribution in [2.45, 2.75) is 44.8 Å². The Balaban J connectivity index is 1.93. The van der Waals surface area contributed by atoms with Gasteiger partial charge in [0.05, 0.1) is 16.1 Å². The van der Waals surface area contributed by atoms with Crippen molar-refractivity contribution in [3.63, 3.8) is 0 Å². The molecule has 1 amide bonds. The van der Waals surface area contributed by atoms with Crippen LogP contribution in [-0.2, 0) is 4.79 Å². The lowest BCUT2D eigenvalue weighted by atomic mass is 10.1. The van der Waals surface area contributed by atoms with E-state index in [1.165, 1.54) is 0 Å². The van der Waals surface area contributed by atoms with Crippen molar-refractivity contribution in [2.24, 2.45) is 0 Å². The SMILES string of the molecule is CC(NC(C)c1ccc(Cl)c(Cl)c1)C(=O)NC1CC1. The fraction of sp³-hybridized carbons (Fsp3) is 0.500. The van der Waals surface area contributed by atoms with E-state index in [4.69, 9.17) is 23.2 Å². The normalized spacial score (nSPS) is 17.9. The van der Waals surface area contributed by atoms with Gasteiger partial charge in [-0.2, -0.15) is 0 Å². The van der Waals surface area contributed by atoms with E-state index in [9.17, 15) is 4.79 Å². The number of hydrogen-bond donors (Lipinski definition) is 2. The predicted molar refractivity (Wildman–Crippen MR) is 78.6 cm³/mol. The summed E-state index contributed by atoms with van der Waals surface area (Å²) in [5.74, 6) is 0.0504. The van der Waals surface area contributed by atoms with E-state index >= 15 is 0 Å². The topological polar surface area (TPSA) is 41.1 Å². The highest BCUT2D eigenvalue weighted by atomic mass is 35.5. The van der Waals surface area contributed by atoms with Gasteiger partial charge in [0.2, 0.25) is 5.91 Å². The number of hydrogen-bond acceptors (Lipinski definition) is 2. The van der Waals surface area contributed by atoms with Crippen LogP contribution in [0, 0.1) is 0 Å². The number of benzene rings is 1. The van der Waals surface area contributed by atoms with E-state index in [1.807, 2.05) is 26.0 Å². The summed E-state index contributed by atoms with van der Waals surface area (Å²) in [6, 6.07) is 5.70. The third kappa shape index (κ3) is 4.10. The Hall–Kier alpha value is -0.770. The summed E-state index contributed by atoms with van der Waals surface area (Å²) in [4.78, 5) is 11.9. The third-order valence-electron chi connectivity index (χ3n) is 3.26. The number of rotatable bonds is 5. The highest BCUT2D eigenvalue weighted by Gasteiger charge is 2.26. The Morgan fingerprint density at radius 1 is 1.26 bits per heavy atom. The van der Waals surface area contributed by atoms with Crippen molar-refractivity contribution >= 4 is 29.1 Å². The quantitative estimate of drug-likeness (QED) is 0.876. The Labute approximate surface area is 123 Å². The average Bonchev–Trinajstić information content (AvgIpc) is 3.16. The van der Waals surface area contributed by atoms with Gasteiger partial charge in [0.15, 0.2) is 0 Å². The summed E-state index contributed by atoms with van der Waals surface area (Å²) in [6.07, 6.45) is 2.20. The molecular weight excluding hydrogens is 283 g/mol. The van der Waals surface area contributed by atoms with Gasteiger partial charge in [0, 0.05) is 12.1 Å². The molecule has 1 saturated carbocycles. The summed E-state index contributed by atoms with van der Waals surface area (Å²) in [5, 5.41) is 7.31. The van der Waals surface area contributed by atoms with Gasteiger partial charge in [0.1, 0.15) is 0 Å². The number of carbonyl (C=O) groups excluding carboxylic acids is 1. The molecule has 2 N–H and O–H groups in total. The van der Waals surface area contributed by atoms with Crippen LogP contribution >= 0.6 is 23.2 Å². The zero-order valence-electron chi connectivity index (χ0n) is 11.0. The minimum atomic E-state index is -0.231. The Morgan fingerprint density at radius 3 is 2.53 bits per heavy atom. The first-order valence-electron chi connectivity index (χ1n) is 6.48. The molecule has 2 rings (SSSR count). The van der Waals surface area contributed by atoms with Gasteiger partial charge in [-0.05, 0) is 44.4 Å². The molecule has 104 valence electrons. The lowest BCUT2D eigenvalue weighted by Gasteiger charge is -2.20. The lowest BCUT2D eigenvalue weighted by Crippen LogP contribution is -2.43. The zero-order chi connectivity index (χ0) is 14.0. The van der Waals surface area contributed by atoms with Crippen LogP contribution < -0.4 is 10.6 Å². The molecule has 0 aliphatic heterocycles. The third-order valence-corrected chi connectivity index (χ3v) is 4.00. The smallest absolute Gasteiger partial charge is 0.237 e. The molecule has 1 aromatic carbocycles. The van der Waals surface area contributed by atoms with Gasteiger partial charge >= 0.3 is 0 Å². The van der Waals surface area contributed by atoms with E-state index in [2.05, 4.69) is 10.6 Å². The number of halogens is 2. The van der Waals surface area contributed by atoms with E-state index in [1.54, 1.807) is 6.07 Å². The standard InChI is InChI=1S/C14H18Cl2N2O/c1-8(10-3-6-12(15)13(16)7-10)17-9(2)14(19)18-11-4-5-11/h3,6-9,11,17H,4-5H2,1-2H3,(H,18,19). The van der Waals surface area contributed by atoms with Crippen LogP contribution in [0.4, 0.5) is 0 Å². The van der Waals surface area contributed by atoms with Crippen LogP contribution in [0.2, 0.25) is 10.0 Å². The molecule has 0 spiro atoms. The highest BCUT2D eigenvalue weighted by molar-refractivity contribution is 6.42. The van der Waals surface area contributed by atoms with Crippen molar-refractivity contribution in [2.75, 3.05) is 0 Å². The molecule has 3 nitrogen and oxygen atoms in total. The predicted octanol–water partition coefficient (Wildman–Crippen LogP) is 3.31. The fourth-order valence-corrected chi connectivity index (χ4v) is 2.19. The monoisotopic (exact) mass is 300 g/mol. The molecule has 1 aliphatic carbocycles. The van der Waals surface area contributed by atoms with Crippen LogP contribution in [0.25, 0.3) is 0 Å². The molecule has 0 bridgehead atoms. The zero-order valence-corrected chi connectivity index (χ0v) is 12.6.